The summed E-state index contributed by atoms with van der Waals surface area (Å²) in [4.78, 5) is 10.4. The van der Waals surface area contributed by atoms with E-state index in [0.29, 0.717) is 6.42 Å². The lowest BCUT2D eigenvalue weighted by Gasteiger charge is -2.12. The highest BCUT2D eigenvalue weighted by atomic mass is 16.4. The minimum Gasteiger partial charge on any atom is -0.481 e. The zero-order valence-electron chi connectivity index (χ0n) is 14.3. The molecule has 0 radical (unpaired) electrons. The predicted molar refractivity (Wildman–Crippen MR) is 94.0 cm³/mol. The molecule has 0 aliphatic heterocycles. The molecular weight excluding hydrogens is 272 g/mol. The molecule has 22 heavy (non-hydrogen) atoms. The van der Waals surface area contributed by atoms with E-state index in [-0.39, 0.29) is 6.42 Å². The predicted octanol–water partition coefficient (Wildman–Crippen LogP) is 6.13. The average Bonchev–Trinajstić information content (AvgIpc) is 3.01. The second-order valence-corrected chi connectivity index (χ2v) is 6.67. The highest BCUT2D eigenvalue weighted by molar-refractivity contribution is 5.66. The molecule has 1 N–H and O–H groups in total. The minimum absolute atomic E-state index is 0.253. The van der Waals surface area contributed by atoms with Crippen molar-refractivity contribution < 1.29 is 9.90 Å². The van der Waals surface area contributed by atoms with Gasteiger partial charge in [0.1, 0.15) is 0 Å². The van der Waals surface area contributed by atoms with Crippen LogP contribution in [0.1, 0.15) is 84.0 Å². The molecule has 0 bridgehead atoms. The number of carbonyl (C=O) groups is 1. The smallest absolute Gasteiger partial charge is 0.303 e. The van der Waals surface area contributed by atoms with Crippen LogP contribution < -0.4 is 0 Å². The summed E-state index contributed by atoms with van der Waals surface area (Å²) >= 11 is 0. The second kappa shape index (κ2) is 12.5. The lowest BCUT2D eigenvalue weighted by Crippen LogP contribution is -1.98. The summed E-state index contributed by atoms with van der Waals surface area (Å²) in [5.74, 6) is 0.947. The van der Waals surface area contributed by atoms with E-state index in [0.717, 1.165) is 18.3 Å². The molecule has 0 spiro atoms. The van der Waals surface area contributed by atoms with E-state index in [1.165, 1.54) is 57.8 Å². The molecule has 0 saturated heterocycles. The van der Waals surface area contributed by atoms with Gasteiger partial charge in [0.05, 0.1) is 0 Å². The number of carboxylic acid groups (broad SMARTS) is 1. The van der Waals surface area contributed by atoms with Crippen molar-refractivity contribution in [1.82, 2.24) is 0 Å². The first-order valence-electron chi connectivity index (χ1n) is 9.25. The third kappa shape index (κ3) is 9.81. The number of rotatable bonds is 13. The van der Waals surface area contributed by atoms with Crippen molar-refractivity contribution >= 4 is 5.97 Å². The van der Waals surface area contributed by atoms with Crippen LogP contribution in [0.15, 0.2) is 24.3 Å². The Morgan fingerprint density at radius 3 is 2.77 bits per heavy atom. The highest BCUT2D eigenvalue weighted by Crippen LogP contribution is 2.24. The van der Waals surface area contributed by atoms with E-state index >= 15 is 0 Å². The Bertz CT molecular complexity index is 344. The summed E-state index contributed by atoms with van der Waals surface area (Å²) in [6, 6.07) is 0. The Kier molecular flexibility index (Phi) is 10.8. The van der Waals surface area contributed by atoms with Crippen LogP contribution in [-0.4, -0.2) is 11.1 Å². The van der Waals surface area contributed by atoms with Crippen LogP contribution in [0, 0.1) is 11.8 Å². The first kappa shape index (κ1) is 19.0. The molecule has 0 fully saturated rings. The molecule has 0 heterocycles. The number of unbranched alkanes of at least 4 members (excludes halogenated alkanes) is 3. The monoisotopic (exact) mass is 306 g/mol. The topological polar surface area (TPSA) is 37.3 Å². The zero-order chi connectivity index (χ0) is 16.0. The third-order valence-corrected chi connectivity index (χ3v) is 4.79. The van der Waals surface area contributed by atoms with Crippen molar-refractivity contribution in [1.29, 1.82) is 0 Å². The van der Waals surface area contributed by atoms with Gasteiger partial charge in [-0.15, -0.1) is 0 Å². The quantitative estimate of drug-likeness (QED) is 0.328. The summed E-state index contributed by atoms with van der Waals surface area (Å²) in [7, 11) is 0. The summed E-state index contributed by atoms with van der Waals surface area (Å²) in [5.41, 5.74) is 0. The maximum absolute atomic E-state index is 10.4. The lowest BCUT2D eigenvalue weighted by atomic mass is 9.94. The van der Waals surface area contributed by atoms with Gasteiger partial charge in [-0.25, -0.2) is 0 Å². The largest absolute Gasteiger partial charge is 0.481 e. The molecule has 1 rings (SSSR count). The van der Waals surface area contributed by atoms with Crippen LogP contribution in [-0.2, 0) is 4.79 Å². The Hall–Kier alpha value is -1.05. The molecule has 0 aromatic rings. The van der Waals surface area contributed by atoms with Crippen molar-refractivity contribution in [2.24, 2.45) is 11.8 Å². The SMILES string of the molecule is CCC(CC=CCCC(=O)O)CCCCCCC1C=CCC1. The molecule has 0 saturated carbocycles. The van der Waals surface area contributed by atoms with Crippen LogP contribution in [0.5, 0.6) is 0 Å². The molecule has 1 aliphatic carbocycles. The fourth-order valence-corrected chi connectivity index (χ4v) is 3.23. The molecular formula is C20H34O2. The van der Waals surface area contributed by atoms with Gasteiger partial charge < -0.3 is 5.11 Å². The fraction of sp³-hybridized carbons (Fsp3) is 0.750. The molecule has 2 atom stereocenters. The summed E-state index contributed by atoms with van der Waals surface area (Å²) < 4.78 is 0. The van der Waals surface area contributed by atoms with Gasteiger partial charge in [-0.1, -0.05) is 69.8 Å². The Labute approximate surface area is 136 Å². The highest BCUT2D eigenvalue weighted by Gasteiger charge is 2.08. The molecule has 2 heteroatoms. The van der Waals surface area contributed by atoms with Gasteiger partial charge in [-0.2, -0.15) is 0 Å². The lowest BCUT2D eigenvalue weighted by molar-refractivity contribution is -0.136. The average molecular weight is 306 g/mol. The van der Waals surface area contributed by atoms with Crippen LogP contribution in [0.2, 0.25) is 0 Å². The summed E-state index contributed by atoms with van der Waals surface area (Å²) in [6.45, 7) is 2.27. The Balaban J connectivity index is 1.96. The van der Waals surface area contributed by atoms with Crippen LogP contribution >= 0.6 is 0 Å². The molecule has 2 unspecified atom stereocenters. The fourth-order valence-electron chi connectivity index (χ4n) is 3.23. The summed E-state index contributed by atoms with van der Waals surface area (Å²) in [6.07, 6.45) is 23.1. The van der Waals surface area contributed by atoms with E-state index in [1.807, 2.05) is 6.08 Å². The van der Waals surface area contributed by atoms with Gasteiger partial charge in [-0.05, 0) is 43.9 Å². The Morgan fingerprint density at radius 2 is 2.09 bits per heavy atom. The molecule has 2 nitrogen and oxygen atoms in total. The number of carboxylic acids is 1. The van der Waals surface area contributed by atoms with Crippen molar-refractivity contribution in [3.05, 3.63) is 24.3 Å². The van der Waals surface area contributed by atoms with E-state index in [4.69, 9.17) is 5.11 Å². The van der Waals surface area contributed by atoms with Gasteiger partial charge >= 0.3 is 5.97 Å². The third-order valence-electron chi connectivity index (χ3n) is 4.79. The maximum Gasteiger partial charge on any atom is 0.303 e. The van der Waals surface area contributed by atoms with E-state index in [2.05, 4.69) is 25.2 Å². The van der Waals surface area contributed by atoms with Gasteiger partial charge in [0.2, 0.25) is 0 Å². The molecule has 126 valence electrons. The van der Waals surface area contributed by atoms with Gasteiger partial charge in [0, 0.05) is 6.42 Å². The van der Waals surface area contributed by atoms with Gasteiger partial charge in [0.25, 0.3) is 0 Å². The van der Waals surface area contributed by atoms with E-state index in [1.54, 1.807) is 0 Å². The number of hydrogen-bond donors (Lipinski definition) is 1. The number of allylic oxidation sites excluding steroid dienone is 4. The summed E-state index contributed by atoms with van der Waals surface area (Å²) in [5, 5.41) is 8.59. The molecule has 0 aromatic heterocycles. The number of hydrogen-bond acceptors (Lipinski definition) is 1. The zero-order valence-corrected chi connectivity index (χ0v) is 14.3. The maximum atomic E-state index is 10.4. The molecule has 1 aliphatic rings. The second-order valence-electron chi connectivity index (χ2n) is 6.67. The molecule has 0 amide bonds. The van der Waals surface area contributed by atoms with Crippen molar-refractivity contribution in [3.63, 3.8) is 0 Å². The van der Waals surface area contributed by atoms with Crippen LogP contribution in [0.25, 0.3) is 0 Å². The van der Waals surface area contributed by atoms with Gasteiger partial charge in [0.15, 0.2) is 0 Å². The standard InChI is InChI=1S/C20H34O2/c1-2-18(13-8-5-9-17-20(21)22)12-6-3-4-7-14-19-15-10-11-16-19/h5,8,10,15,18-19H,2-4,6-7,9,11-14,16-17H2,1H3,(H,21,22). The van der Waals surface area contributed by atoms with Crippen molar-refractivity contribution in [2.75, 3.05) is 0 Å². The van der Waals surface area contributed by atoms with Crippen LogP contribution in [0.3, 0.4) is 0 Å². The minimum atomic E-state index is -0.704. The van der Waals surface area contributed by atoms with E-state index < -0.39 is 5.97 Å². The number of aliphatic carboxylic acids is 1. The van der Waals surface area contributed by atoms with Crippen molar-refractivity contribution in [2.45, 2.75) is 84.0 Å². The Morgan fingerprint density at radius 1 is 1.27 bits per heavy atom. The first-order chi connectivity index (χ1) is 10.7. The van der Waals surface area contributed by atoms with Crippen LogP contribution in [0.4, 0.5) is 0 Å². The van der Waals surface area contributed by atoms with E-state index in [9.17, 15) is 4.79 Å². The normalized spacial score (nSPS) is 19.0. The first-order valence-corrected chi connectivity index (χ1v) is 9.25. The van der Waals surface area contributed by atoms with Crippen molar-refractivity contribution in [3.8, 4) is 0 Å². The van der Waals surface area contributed by atoms with Gasteiger partial charge in [-0.3, -0.25) is 4.79 Å². The molecule has 0 aromatic carbocycles.